The maximum absolute atomic E-state index is 12.4. The Morgan fingerprint density at radius 3 is 2.68 bits per heavy atom. The van der Waals surface area contributed by atoms with E-state index in [4.69, 9.17) is 11.6 Å². The molecule has 102 valence electrons. The van der Waals surface area contributed by atoms with Gasteiger partial charge in [0.05, 0.1) is 5.69 Å². The number of hydrogen-bond acceptors (Lipinski definition) is 2. The summed E-state index contributed by atoms with van der Waals surface area (Å²) >= 11 is 8.05. The minimum absolute atomic E-state index is 0.0742. The van der Waals surface area contributed by atoms with Crippen LogP contribution in [-0.2, 0) is 9.59 Å². The minimum atomic E-state index is -0.509. The first-order valence-electron chi connectivity index (χ1n) is 6.04. The van der Waals surface area contributed by atoms with Gasteiger partial charge in [0, 0.05) is 8.59 Å². The van der Waals surface area contributed by atoms with E-state index < -0.39 is 12.1 Å². The van der Waals surface area contributed by atoms with E-state index in [0.717, 1.165) is 9.26 Å². The SMILES string of the molecule is CCC1NC(=O)C(C)N(c2ccc(Cl)cc2I)C1=O. The second-order valence-corrected chi connectivity index (χ2v) is 6.05. The fourth-order valence-corrected chi connectivity index (χ4v) is 3.24. The lowest BCUT2D eigenvalue weighted by atomic mass is 10.1. The standard InChI is InChI=1S/C13H14ClIN2O2/c1-3-10-13(19)17(7(2)12(18)16-10)11-5-4-8(14)6-9(11)15/h4-7,10H,3H2,1-2H3,(H,16,18). The molecule has 1 aliphatic rings. The van der Waals surface area contributed by atoms with Gasteiger partial charge >= 0.3 is 0 Å². The number of nitrogens with zero attached hydrogens (tertiary/aromatic N) is 1. The Morgan fingerprint density at radius 1 is 1.42 bits per heavy atom. The monoisotopic (exact) mass is 392 g/mol. The van der Waals surface area contributed by atoms with Gasteiger partial charge in [0.2, 0.25) is 11.8 Å². The van der Waals surface area contributed by atoms with Crippen molar-refractivity contribution in [2.45, 2.75) is 32.4 Å². The molecule has 2 amide bonds. The van der Waals surface area contributed by atoms with Crippen molar-refractivity contribution in [3.8, 4) is 0 Å². The molecule has 0 aliphatic carbocycles. The highest BCUT2D eigenvalue weighted by molar-refractivity contribution is 14.1. The van der Waals surface area contributed by atoms with Gasteiger partial charge in [-0.15, -0.1) is 0 Å². The van der Waals surface area contributed by atoms with Gasteiger partial charge in [0.25, 0.3) is 0 Å². The van der Waals surface area contributed by atoms with Gasteiger partial charge in [-0.1, -0.05) is 18.5 Å². The van der Waals surface area contributed by atoms with Crippen molar-refractivity contribution in [2.75, 3.05) is 4.90 Å². The first-order valence-corrected chi connectivity index (χ1v) is 7.50. The number of carbonyl (C=O) groups excluding carboxylic acids is 2. The number of amides is 2. The zero-order valence-electron chi connectivity index (χ0n) is 10.6. The molecule has 2 unspecified atom stereocenters. The van der Waals surface area contributed by atoms with Gasteiger partial charge in [-0.25, -0.2) is 0 Å². The highest BCUT2D eigenvalue weighted by Crippen LogP contribution is 2.29. The summed E-state index contributed by atoms with van der Waals surface area (Å²) in [5, 5.41) is 3.35. The van der Waals surface area contributed by atoms with Crippen LogP contribution in [-0.4, -0.2) is 23.9 Å². The van der Waals surface area contributed by atoms with Crippen LogP contribution in [0.25, 0.3) is 0 Å². The zero-order chi connectivity index (χ0) is 14.2. The Kier molecular flexibility index (Phi) is 4.35. The van der Waals surface area contributed by atoms with Crippen LogP contribution in [0.15, 0.2) is 18.2 Å². The highest BCUT2D eigenvalue weighted by Gasteiger charge is 2.38. The minimum Gasteiger partial charge on any atom is -0.343 e. The summed E-state index contributed by atoms with van der Waals surface area (Å²) in [5.41, 5.74) is 0.732. The Balaban J connectivity index is 2.45. The predicted molar refractivity (Wildman–Crippen MR) is 83.3 cm³/mol. The van der Waals surface area contributed by atoms with E-state index in [-0.39, 0.29) is 11.8 Å². The fourth-order valence-electron chi connectivity index (χ4n) is 2.11. The average molecular weight is 393 g/mol. The number of hydrogen-bond donors (Lipinski definition) is 1. The first-order chi connectivity index (χ1) is 8.95. The van der Waals surface area contributed by atoms with Gasteiger partial charge in [0.1, 0.15) is 12.1 Å². The maximum Gasteiger partial charge on any atom is 0.250 e. The molecule has 2 rings (SSSR count). The summed E-state index contributed by atoms with van der Waals surface area (Å²) < 4.78 is 0.856. The third-order valence-electron chi connectivity index (χ3n) is 3.20. The van der Waals surface area contributed by atoms with Crippen molar-refractivity contribution in [2.24, 2.45) is 0 Å². The number of benzene rings is 1. The molecule has 0 saturated carbocycles. The Hall–Kier alpha value is -0.820. The van der Waals surface area contributed by atoms with E-state index in [1.807, 2.05) is 6.92 Å². The van der Waals surface area contributed by atoms with E-state index >= 15 is 0 Å². The van der Waals surface area contributed by atoms with Gasteiger partial charge in [0.15, 0.2) is 0 Å². The van der Waals surface area contributed by atoms with Crippen LogP contribution in [0, 0.1) is 3.57 Å². The summed E-state index contributed by atoms with van der Waals surface area (Å²) in [6, 6.07) is 4.33. The molecule has 0 radical (unpaired) electrons. The molecule has 1 heterocycles. The number of rotatable bonds is 2. The largest absolute Gasteiger partial charge is 0.343 e. The van der Waals surface area contributed by atoms with Crippen LogP contribution < -0.4 is 10.2 Å². The summed E-state index contributed by atoms with van der Waals surface area (Å²) in [6.07, 6.45) is 0.581. The van der Waals surface area contributed by atoms with E-state index in [1.165, 1.54) is 0 Å². The lowest BCUT2D eigenvalue weighted by molar-refractivity contribution is -0.133. The highest BCUT2D eigenvalue weighted by atomic mass is 127. The molecule has 0 spiro atoms. The van der Waals surface area contributed by atoms with Crippen LogP contribution in [0.5, 0.6) is 0 Å². The fraction of sp³-hybridized carbons (Fsp3) is 0.385. The number of halogens is 2. The number of carbonyl (C=O) groups is 2. The van der Waals surface area contributed by atoms with E-state index in [9.17, 15) is 9.59 Å². The molecule has 19 heavy (non-hydrogen) atoms. The lowest BCUT2D eigenvalue weighted by Gasteiger charge is -2.37. The smallest absolute Gasteiger partial charge is 0.250 e. The topological polar surface area (TPSA) is 49.4 Å². The Labute approximate surface area is 130 Å². The van der Waals surface area contributed by atoms with Crippen molar-refractivity contribution in [1.29, 1.82) is 0 Å². The molecule has 1 fully saturated rings. The number of nitrogens with one attached hydrogen (secondary N) is 1. The summed E-state index contributed by atoms with van der Waals surface area (Å²) in [5.74, 6) is -0.202. The molecule has 0 aromatic heterocycles. The van der Waals surface area contributed by atoms with E-state index in [0.29, 0.717) is 11.4 Å². The molecule has 1 aromatic rings. The zero-order valence-corrected chi connectivity index (χ0v) is 13.5. The van der Waals surface area contributed by atoms with E-state index in [1.54, 1.807) is 30.0 Å². The molecule has 6 heteroatoms. The average Bonchev–Trinajstić information content (AvgIpc) is 2.36. The van der Waals surface area contributed by atoms with Crippen molar-refractivity contribution < 1.29 is 9.59 Å². The second-order valence-electron chi connectivity index (χ2n) is 4.45. The number of piperazine rings is 1. The van der Waals surface area contributed by atoms with E-state index in [2.05, 4.69) is 27.9 Å². The van der Waals surface area contributed by atoms with Crippen LogP contribution in [0.4, 0.5) is 5.69 Å². The predicted octanol–water partition coefficient (Wildman–Crippen LogP) is 2.57. The van der Waals surface area contributed by atoms with Crippen LogP contribution >= 0.6 is 34.2 Å². The summed E-state index contributed by atoms with van der Waals surface area (Å²) in [6.45, 7) is 3.60. The normalized spacial score (nSPS) is 23.5. The van der Waals surface area contributed by atoms with Crippen molar-refractivity contribution in [3.63, 3.8) is 0 Å². The lowest BCUT2D eigenvalue weighted by Crippen LogP contribution is -2.62. The Bertz CT molecular complexity index is 535. The summed E-state index contributed by atoms with van der Waals surface area (Å²) in [4.78, 5) is 25.9. The van der Waals surface area contributed by atoms with Gasteiger partial charge < -0.3 is 5.32 Å². The van der Waals surface area contributed by atoms with Gasteiger partial charge in [-0.05, 0) is 54.1 Å². The molecule has 4 nitrogen and oxygen atoms in total. The first kappa shape index (κ1) is 14.6. The quantitative estimate of drug-likeness (QED) is 0.787. The maximum atomic E-state index is 12.4. The van der Waals surface area contributed by atoms with Crippen molar-refractivity contribution in [3.05, 3.63) is 26.8 Å². The van der Waals surface area contributed by atoms with Crippen LogP contribution in [0.1, 0.15) is 20.3 Å². The molecule has 0 bridgehead atoms. The van der Waals surface area contributed by atoms with Crippen LogP contribution in [0.3, 0.4) is 0 Å². The van der Waals surface area contributed by atoms with Gasteiger partial charge in [-0.3, -0.25) is 14.5 Å². The van der Waals surface area contributed by atoms with Gasteiger partial charge in [-0.2, -0.15) is 0 Å². The third kappa shape index (κ3) is 2.72. The molecule has 1 aromatic carbocycles. The third-order valence-corrected chi connectivity index (χ3v) is 4.30. The second kappa shape index (κ2) is 5.66. The molecule has 1 aliphatic heterocycles. The summed E-state index contributed by atoms with van der Waals surface area (Å²) in [7, 11) is 0. The Morgan fingerprint density at radius 2 is 2.11 bits per heavy atom. The van der Waals surface area contributed by atoms with Crippen molar-refractivity contribution in [1.82, 2.24) is 5.32 Å². The van der Waals surface area contributed by atoms with Crippen molar-refractivity contribution >= 4 is 51.7 Å². The van der Waals surface area contributed by atoms with Crippen LogP contribution in [0.2, 0.25) is 5.02 Å². The molecule has 1 N–H and O–H groups in total. The molecule has 2 atom stereocenters. The molecule has 1 saturated heterocycles. The molecular formula is C13H14ClIN2O2. The molecular weight excluding hydrogens is 379 g/mol. The number of anilines is 1.